The number of ether oxygens (including phenoxy) is 1. The lowest BCUT2D eigenvalue weighted by Crippen LogP contribution is -2.57. The highest BCUT2D eigenvalue weighted by Gasteiger charge is 2.39. The third-order valence-electron chi connectivity index (χ3n) is 4.37. The minimum absolute atomic E-state index is 0.0411. The number of hydrogen-bond donors (Lipinski definition) is 1. The van der Waals surface area contributed by atoms with Crippen LogP contribution in [0.1, 0.15) is 32.6 Å². The summed E-state index contributed by atoms with van der Waals surface area (Å²) in [5.74, 6) is 0. The van der Waals surface area contributed by atoms with Crippen LogP contribution in [0.2, 0.25) is 0 Å². The Labute approximate surface area is 116 Å². The van der Waals surface area contributed by atoms with Crippen molar-refractivity contribution in [1.29, 1.82) is 0 Å². The molecule has 1 aromatic rings. The van der Waals surface area contributed by atoms with Crippen LogP contribution < -0.4 is 10.6 Å². The van der Waals surface area contributed by atoms with E-state index < -0.39 is 0 Å². The zero-order chi connectivity index (χ0) is 13.7. The predicted octanol–water partition coefficient (Wildman–Crippen LogP) is 2.80. The number of anilines is 1. The van der Waals surface area contributed by atoms with Crippen LogP contribution in [0.3, 0.4) is 0 Å². The molecule has 1 heterocycles. The van der Waals surface area contributed by atoms with Crippen molar-refractivity contribution in [3.63, 3.8) is 0 Å². The molecular formula is C16H26N2O. The van der Waals surface area contributed by atoms with E-state index in [0.717, 1.165) is 25.9 Å². The van der Waals surface area contributed by atoms with Crippen LogP contribution >= 0.6 is 0 Å². The first kappa shape index (κ1) is 14.4. The van der Waals surface area contributed by atoms with Gasteiger partial charge in [-0.1, -0.05) is 31.5 Å². The lowest BCUT2D eigenvalue weighted by Gasteiger charge is -2.47. The fraction of sp³-hybridized carbons (Fsp3) is 0.625. The molecule has 1 aromatic carbocycles. The standard InChI is InChI=1S/C16H26N2O/c1-3-7-15-12-16(13-17,10-11-19-15)18(2)14-8-5-4-6-9-14/h4-6,8-9,15H,3,7,10-13,17H2,1-2H3. The first-order valence-electron chi connectivity index (χ1n) is 7.32. The molecule has 2 unspecified atom stereocenters. The molecule has 0 spiro atoms. The molecule has 2 rings (SSSR count). The van der Waals surface area contributed by atoms with E-state index in [1.165, 1.54) is 12.1 Å². The summed E-state index contributed by atoms with van der Waals surface area (Å²) < 4.78 is 5.88. The quantitative estimate of drug-likeness (QED) is 0.887. The van der Waals surface area contributed by atoms with Gasteiger partial charge in [0.25, 0.3) is 0 Å². The average molecular weight is 262 g/mol. The lowest BCUT2D eigenvalue weighted by atomic mass is 9.83. The number of nitrogens with zero attached hydrogens (tertiary/aromatic N) is 1. The maximum absolute atomic E-state index is 6.14. The number of rotatable bonds is 5. The molecule has 19 heavy (non-hydrogen) atoms. The highest BCUT2D eigenvalue weighted by Crippen LogP contribution is 2.34. The Hall–Kier alpha value is -1.06. The number of hydrogen-bond acceptors (Lipinski definition) is 3. The van der Waals surface area contributed by atoms with Crippen LogP contribution in [-0.4, -0.2) is 31.8 Å². The fourth-order valence-corrected chi connectivity index (χ4v) is 3.06. The molecule has 3 nitrogen and oxygen atoms in total. The van der Waals surface area contributed by atoms with Crippen molar-refractivity contribution in [3.05, 3.63) is 30.3 Å². The monoisotopic (exact) mass is 262 g/mol. The number of para-hydroxylation sites is 1. The van der Waals surface area contributed by atoms with Gasteiger partial charge in [0, 0.05) is 25.9 Å². The van der Waals surface area contributed by atoms with Gasteiger partial charge in [-0.15, -0.1) is 0 Å². The van der Waals surface area contributed by atoms with Crippen LogP contribution in [0.5, 0.6) is 0 Å². The number of nitrogens with two attached hydrogens (primary N) is 1. The van der Waals surface area contributed by atoms with Gasteiger partial charge in [-0.25, -0.2) is 0 Å². The van der Waals surface area contributed by atoms with Crippen LogP contribution in [0, 0.1) is 0 Å². The van der Waals surface area contributed by atoms with Crippen LogP contribution in [0.25, 0.3) is 0 Å². The molecule has 0 saturated carbocycles. The van der Waals surface area contributed by atoms with E-state index in [4.69, 9.17) is 10.5 Å². The highest BCUT2D eigenvalue weighted by atomic mass is 16.5. The van der Waals surface area contributed by atoms with Gasteiger partial charge < -0.3 is 15.4 Å². The van der Waals surface area contributed by atoms with Crippen molar-refractivity contribution in [2.24, 2.45) is 5.73 Å². The molecule has 0 amide bonds. The summed E-state index contributed by atoms with van der Waals surface area (Å²) in [7, 11) is 2.16. The van der Waals surface area contributed by atoms with Gasteiger partial charge in [0.05, 0.1) is 11.6 Å². The van der Waals surface area contributed by atoms with Gasteiger partial charge >= 0.3 is 0 Å². The highest BCUT2D eigenvalue weighted by molar-refractivity contribution is 5.48. The summed E-state index contributed by atoms with van der Waals surface area (Å²) >= 11 is 0. The molecule has 1 saturated heterocycles. The minimum Gasteiger partial charge on any atom is -0.378 e. The van der Waals surface area contributed by atoms with Gasteiger partial charge in [0.15, 0.2) is 0 Å². The Morgan fingerprint density at radius 1 is 1.37 bits per heavy atom. The smallest absolute Gasteiger partial charge is 0.0597 e. The van der Waals surface area contributed by atoms with Crippen molar-refractivity contribution in [2.75, 3.05) is 25.1 Å². The lowest BCUT2D eigenvalue weighted by molar-refractivity contribution is -0.0216. The van der Waals surface area contributed by atoms with E-state index in [0.29, 0.717) is 12.6 Å². The molecule has 1 aliphatic heterocycles. The third kappa shape index (κ3) is 3.10. The van der Waals surface area contributed by atoms with Crippen molar-refractivity contribution < 1.29 is 4.74 Å². The third-order valence-corrected chi connectivity index (χ3v) is 4.37. The van der Waals surface area contributed by atoms with Gasteiger partial charge in [-0.3, -0.25) is 0 Å². The van der Waals surface area contributed by atoms with Crippen molar-refractivity contribution in [2.45, 2.75) is 44.2 Å². The summed E-state index contributed by atoms with van der Waals surface area (Å²) in [5.41, 5.74) is 7.42. The largest absolute Gasteiger partial charge is 0.378 e. The molecule has 0 aliphatic carbocycles. The normalized spacial score (nSPS) is 27.2. The molecule has 0 aromatic heterocycles. The summed E-state index contributed by atoms with van der Waals surface area (Å²) in [5, 5.41) is 0. The first-order valence-corrected chi connectivity index (χ1v) is 7.32. The summed E-state index contributed by atoms with van der Waals surface area (Å²) in [6.45, 7) is 3.71. The molecule has 1 fully saturated rings. The van der Waals surface area contributed by atoms with Crippen molar-refractivity contribution in [3.8, 4) is 0 Å². The molecule has 0 radical (unpaired) electrons. The van der Waals surface area contributed by atoms with E-state index in [1.807, 2.05) is 0 Å². The van der Waals surface area contributed by atoms with E-state index >= 15 is 0 Å². The summed E-state index contributed by atoms with van der Waals surface area (Å²) in [4.78, 5) is 2.36. The fourth-order valence-electron chi connectivity index (χ4n) is 3.06. The van der Waals surface area contributed by atoms with Crippen LogP contribution in [0.4, 0.5) is 5.69 Å². The van der Waals surface area contributed by atoms with Gasteiger partial charge in [0.2, 0.25) is 0 Å². The molecule has 3 heteroatoms. The molecular weight excluding hydrogens is 236 g/mol. The molecule has 106 valence electrons. The minimum atomic E-state index is 0.0411. The molecule has 2 atom stereocenters. The van der Waals surface area contributed by atoms with Gasteiger partial charge in [-0.05, 0) is 31.4 Å². The van der Waals surface area contributed by atoms with Crippen molar-refractivity contribution in [1.82, 2.24) is 0 Å². The number of benzene rings is 1. The summed E-state index contributed by atoms with van der Waals surface area (Å²) in [6.07, 6.45) is 4.69. The Morgan fingerprint density at radius 3 is 2.74 bits per heavy atom. The Kier molecular flexibility index (Phi) is 4.83. The van der Waals surface area contributed by atoms with E-state index in [-0.39, 0.29) is 5.54 Å². The zero-order valence-electron chi connectivity index (χ0n) is 12.1. The predicted molar refractivity (Wildman–Crippen MR) is 80.5 cm³/mol. The zero-order valence-corrected chi connectivity index (χ0v) is 12.1. The van der Waals surface area contributed by atoms with E-state index in [2.05, 4.69) is 49.2 Å². The topological polar surface area (TPSA) is 38.5 Å². The van der Waals surface area contributed by atoms with Crippen LogP contribution in [-0.2, 0) is 4.74 Å². The maximum Gasteiger partial charge on any atom is 0.0597 e. The number of likely N-dealkylation sites (N-methyl/N-ethyl adjacent to an activating group) is 1. The summed E-state index contributed by atoms with van der Waals surface area (Å²) in [6, 6.07) is 10.5. The second-order valence-electron chi connectivity index (χ2n) is 5.56. The molecule has 0 bridgehead atoms. The van der Waals surface area contributed by atoms with Crippen molar-refractivity contribution >= 4 is 5.69 Å². The Bertz CT molecular complexity index is 380. The van der Waals surface area contributed by atoms with E-state index in [9.17, 15) is 0 Å². The molecule has 2 N–H and O–H groups in total. The SMILES string of the molecule is CCCC1CC(CN)(N(C)c2ccccc2)CCO1. The van der Waals surface area contributed by atoms with E-state index in [1.54, 1.807) is 0 Å². The second-order valence-corrected chi connectivity index (χ2v) is 5.56. The second kappa shape index (κ2) is 6.40. The Morgan fingerprint density at radius 2 is 2.11 bits per heavy atom. The molecule has 1 aliphatic rings. The maximum atomic E-state index is 6.14. The van der Waals surface area contributed by atoms with Gasteiger partial charge in [0.1, 0.15) is 0 Å². The van der Waals surface area contributed by atoms with Crippen LogP contribution in [0.15, 0.2) is 30.3 Å². The van der Waals surface area contributed by atoms with Gasteiger partial charge in [-0.2, -0.15) is 0 Å². The Balaban J connectivity index is 2.17. The first-order chi connectivity index (χ1) is 9.22. The average Bonchev–Trinajstić information content (AvgIpc) is 2.48.